The summed E-state index contributed by atoms with van der Waals surface area (Å²) in [6.07, 6.45) is 0.910. The minimum absolute atomic E-state index is 0.00668. The van der Waals surface area contributed by atoms with Crippen LogP contribution in [0, 0.1) is 11.6 Å². The molecule has 0 aromatic heterocycles. The summed E-state index contributed by atoms with van der Waals surface area (Å²) in [5, 5.41) is 11.7. The Morgan fingerprint density at radius 2 is 1.95 bits per heavy atom. The van der Waals surface area contributed by atoms with E-state index in [0.29, 0.717) is 12.8 Å². The van der Waals surface area contributed by atoms with Crippen LogP contribution in [0.3, 0.4) is 0 Å². The second kappa shape index (κ2) is 6.30. The van der Waals surface area contributed by atoms with Crippen molar-refractivity contribution in [2.75, 3.05) is 6.54 Å². The predicted molar refractivity (Wildman–Crippen MR) is 69.2 cm³/mol. The van der Waals surface area contributed by atoms with Crippen molar-refractivity contribution >= 4 is 17.5 Å². The van der Waals surface area contributed by atoms with Gasteiger partial charge >= 0.3 is 0 Å². The fraction of sp³-hybridized carbons (Fsp3) is 0.462. The van der Waals surface area contributed by atoms with Gasteiger partial charge in [-0.25, -0.2) is 8.78 Å². The maximum atomic E-state index is 13.6. The standard InChI is InChI=1S/C13H16ClF2NO2/c1-3-13(19,4-2)7-17-12(18)8-5-6-9(15)10(14)11(8)16/h5-6,19H,3-4,7H2,1-2H3,(H,17,18). The van der Waals surface area contributed by atoms with E-state index in [2.05, 4.69) is 5.32 Å². The molecule has 0 saturated heterocycles. The van der Waals surface area contributed by atoms with Crippen LogP contribution in [0.1, 0.15) is 37.0 Å². The van der Waals surface area contributed by atoms with E-state index in [0.717, 1.165) is 12.1 Å². The van der Waals surface area contributed by atoms with Gasteiger partial charge in [0.05, 0.1) is 11.2 Å². The van der Waals surface area contributed by atoms with Crippen LogP contribution in [0.15, 0.2) is 12.1 Å². The Bertz CT molecular complexity index is 476. The Morgan fingerprint density at radius 1 is 1.37 bits per heavy atom. The van der Waals surface area contributed by atoms with Crippen molar-refractivity contribution < 1.29 is 18.7 Å². The van der Waals surface area contributed by atoms with E-state index >= 15 is 0 Å². The highest BCUT2D eigenvalue weighted by molar-refractivity contribution is 6.31. The first-order chi connectivity index (χ1) is 8.84. The van der Waals surface area contributed by atoms with Crippen LogP contribution in [-0.2, 0) is 0 Å². The Kier molecular flexibility index (Phi) is 5.26. The summed E-state index contributed by atoms with van der Waals surface area (Å²) >= 11 is 5.39. The van der Waals surface area contributed by atoms with Crippen molar-refractivity contribution in [2.24, 2.45) is 0 Å². The molecule has 0 aliphatic heterocycles. The van der Waals surface area contributed by atoms with Gasteiger partial charge < -0.3 is 10.4 Å². The van der Waals surface area contributed by atoms with Crippen LogP contribution in [0.4, 0.5) is 8.78 Å². The molecule has 0 aliphatic carbocycles. The third kappa shape index (κ3) is 3.64. The van der Waals surface area contributed by atoms with Gasteiger partial charge in [0.25, 0.3) is 5.91 Å². The van der Waals surface area contributed by atoms with E-state index in [1.54, 1.807) is 13.8 Å². The molecular formula is C13H16ClF2NO2. The molecule has 106 valence electrons. The molecule has 0 unspecified atom stereocenters. The molecule has 1 rings (SSSR count). The minimum atomic E-state index is -1.10. The van der Waals surface area contributed by atoms with Crippen molar-refractivity contribution in [1.82, 2.24) is 5.32 Å². The maximum absolute atomic E-state index is 13.6. The number of carbonyl (C=O) groups excluding carboxylic acids is 1. The SMILES string of the molecule is CCC(O)(CC)CNC(=O)c1ccc(F)c(Cl)c1F. The molecule has 1 aromatic rings. The van der Waals surface area contributed by atoms with E-state index in [1.165, 1.54) is 0 Å². The largest absolute Gasteiger partial charge is 0.388 e. The number of carbonyl (C=O) groups is 1. The third-order valence-corrected chi connectivity index (χ3v) is 3.52. The average molecular weight is 292 g/mol. The smallest absolute Gasteiger partial charge is 0.254 e. The number of hydrogen-bond acceptors (Lipinski definition) is 2. The van der Waals surface area contributed by atoms with E-state index in [4.69, 9.17) is 11.6 Å². The van der Waals surface area contributed by atoms with Crippen molar-refractivity contribution in [3.8, 4) is 0 Å². The quantitative estimate of drug-likeness (QED) is 0.820. The van der Waals surface area contributed by atoms with E-state index < -0.39 is 28.2 Å². The van der Waals surface area contributed by atoms with Crippen LogP contribution in [0.2, 0.25) is 5.02 Å². The lowest BCUT2D eigenvalue weighted by Crippen LogP contribution is -2.42. The van der Waals surface area contributed by atoms with Crippen molar-refractivity contribution in [3.05, 3.63) is 34.4 Å². The van der Waals surface area contributed by atoms with Gasteiger partial charge in [0.2, 0.25) is 0 Å². The minimum Gasteiger partial charge on any atom is -0.388 e. The molecule has 1 aromatic carbocycles. The van der Waals surface area contributed by atoms with Gasteiger partial charge in [-0.3, -0.25) is 4.79 Å². The van der Waals surface area contributed by atoms with Crippen LogP contribution in [-0.4, -0.2) is 23.2 Å². The molecular weight excluding hydrogens is 276 g/mol. The van der Waals surface area contributed by atoms with E-state index in [1.807, 2.05) is 0 Å². The molecule has 0 fully saturated rings. The summed E-state index contributed by atoms with van der Waals surface area (Å²) in [4.78, 5) is 11.8. The zero-order valence-electron chi connectivity index (χ0n) is 10.8. The van der Waals surface area contributed by atoms with Crippen LogP contribution in [0.5, 0.6) is 0 Å². The van der Waals surface area contributed by atoms with Gasteiger partial charge in [0, 0.05) is 6.54 Å². The van der Waals surface area contributed by atoms with Crippen LogP contribution < -0.4 is 5.32 Å². The van der Waals surface area contributed by atoms with Gasteiger partial charge in [-0.1, -0.05) is 25.4 Å². The molecule has 1 amide bonds. The summed E-state index contributed by atoms with van der Waals surface area (Å²) in [7, 11) is 0. The summed E-state index contributed by atoms with van der Waals surface area (Å²) in [6.45, 7) is 3.56. The number of aliphatic hydroxyl groups is 1. The van der Waals surface area contributed by atoms with Crippen LogP contribution in [0.25, 0.3) is 0 Å². The Labute approximate surface area is 115 Å². The molecule has 0 spiro atoms. The van der Waals surface area contributed by atoms with Gasteiger partial charge in [-0.05, 0) is 25.0 Å². The monoisotopic (exact) mass is 291 g/mol. The number of halogens is 3. The number of benzene rings is 1. The molecule has 0 aliphatic rings. The zero-order chi connectivity index (χ0) is 14.6. The highest BCUT2D eigenvalue weighted by Gasteiger charge is 2.24. The number of amides is 1. The molecule has 0 bridgehead atoms. The lowest BCUT2D eigenvalue weighted by atomic mass is 9.97. The second-order valence-electron chi connectivity index (χ2n) is 4.34. The molecule has 3 nitrogen and oxygen atoms in total. The Hall–Kier alpha value is -1.20. The van der Waals surface area contributed by atoms with Gasteiger partial charge in [-0.15, -0.1) is 0 Å². The van der Waals surface area contributed by atoms with E-state index in [-0.39, 0.29) is 12.1 Å². The van der Waals surface area contributed by atoms with Gasteiger partial charge in [0.1, 0.15) is 10.8 Å². The normalized spacial score (nSPS) is 11.5. The highest BCUT2D eigenvalue weighted by atomic mass is 35.5. The van der Waals surface area contributed by atoms with Gasteiger partial charge in [0.15, 0.2) is 5.82 Å². The number of nitrogens with one attached hydrogen (secondary N) is 1. The molecule has 0 atom stereocenters. The molecule has 0 radical (unpaired) electrons. The highest BCUT2D eigenvalue weighted by Crippen LogP contribution is 2.22. The maximum Gasteiger partial charge on any atom is 0.254 e. The Morgan fingerprint density at radius 3 is 2.47 bits per heavy atom. The summed E-state index contributed by atoms with van der Waals surface area (Å²) in [5.41, 5.74) is -1.38. The Balaban J connectivity index is 2.83. The van der Waals surface area contributed by atoms with Crippen molar-refractivity contribution in [1.29, 1.82) is 0 Å². The fourth-order valence-corrected chi connectivity index (χ4v) is 1.71. The molecule has 19 heavy (non-hydrogen) atoms. The predicted octanol–water partition coefficient (Wildman–Crippen LogP) is 2.90. The first-order valence-electron chi connectivity index (χ1n) is 5.98. The van der Waals surface area contributed by atoms with Crippen molar-refractivity contribution in [3.63, 3.8) is 0 Å². The molecule has 0 saturated carbocycles. The fourth-order valence-electron chi connectivity index (χ4n) is 1.54. The summed E-state index contributed by atoms with van der Waals surface area (Å²) in [5.74, 6) is -2.76. The average Bonchev–Trinajstić information content (AvgIpc) is 2.42. The summed E-state index contributed by atoms with van der Waals surface area (Å²) < 4.78 is 26.6. The second-order valence-corrected chi connectivity index (χ2v) is 4.72. The summed E-state index contributed by atoms with van der Waals surface area (Å²) in [6, 6.07) is 1.94. The van der Waals surface area contributed by atoms with Crippen LogP contribution >= 0.6 is 11.6 Å². The number of hydrogen-bond donors (Lipinski definition) is 2. The lowest BCUT2D eigenvalue weighted by molar-refractivity contribution is 0.0313. The molecule has 0 heterocycles. The topological polar surface area (TPSA) is 49.3 Å². The van der Waals surface area contributed by atoms with Gasteiger partial charge in [-0.2, -0.15) is 0 Å². The van der Waals surface area contributed by atoms with E-state index in [9.17, 15) is 18.7 Å². The number of rotatable bonds is 5. The van der Waals surface area contributed by atoms with Crippen molar-refractivity contribution in [2.45, 2.75) is 32.3 Å². The molecule has 6 heteroatoms. The lowest BCUT2D eigenvalue weighted by Gasteiger charge is -2.25. The third-order valence-electron chi connectivity index (χ3n) is 3.17. The first-order valence-corrected chi connectivity index (χ1v) is 6.36. The zero-order valence-corrected chi connectivity index (χ0v) is 11.5. The molecule has 2 N–H and O–H groups in total. The first kappa shape index (κ1) is 15.9.